The van der Waals surface area contributed by atoms with Crippen molar-refractivity contribution < 1.29 is 13.2 Å². The van der Waals surface area contributed by atoms with Crippen LogP contribution in [0.3, 0.4) is 0 Å². The normalized spacial score (nSPS) is 13.7. The minimum atomic E-state index is -4.42. The van der Waals surface area contributed by atoms with Crippen LogP contribution in [0.25, 0.3) is 0 Å². The molecule has 1 aromatic heterocycles. The fraction of sp³-hybridized carbons (Fsp3) is 0.615. The number of nitrogens with one attached hydrogen (secondary N) is 1. The second kappa shape index (κ2) is 6.46. The average Bonchev–Trinajstić information content (AvgIpc) is 2.28. The van der Waals surface area contributed by atoms with E-state index < -0.39 is 11.7 Å². The number of halogens is 4. The third kappa shape index (κ3) is 4.56. The average molecular weight is 295 g/mol. The van der Waals surface area contributed by atoms with E-state index in [0.29, 0.717) is 5.92 Å². The first-order valence-electron chi connectivity index (χ1n) is 6.29. The highest BCUT2D eigenvalue weighted by molar-refractivity contribution is 6.29. The lowest BCUT2D eigenvalue weighted by molar-refractivity contribution is -0.137. The maximum absolute atomic E-state index is 12.7. The van der Waals surface area contributed by atoms with Crippen molar-refractivity contribution in [3.8, 4) is 0 Å². The number of rotatable bonds is 5. The molecule has 1 unspecified atom stereocenters. The van der Waals surface area contributed by atoms with Crippen molar-refractivity contribution in [1.82, 2.24) is 4.98 Å². The van der Waals surface area contributed by atoms with E-state index in [1.807, 2.05) is 6.92 Å². The van der Waals surface area contributed by atoms with Crippen molar-refractivity contribution in [2.75, 3.05) is 5.32 Å². The molecule has 0 amide bonds. The smallest absolute Gasteiger partial charge is 0.367 e. The number of alkyl halides is 3. The van der Waals surface area contributed by atoms with Crippen molar-refractivity contribution in [3.05, 3.63) is 22.8 Å². The number of pyridine rings is 1. The minimum absolute atomic E-state index is 0.0436. The highest BCUT2D eigenvalue weighted by atomic mass is 35.5. The van der Waals surface area contributed by atoms with Crippen LogP contribution in [0.5, 0.6) is 0 Å². The van der Waals surface area contributed by atoms with E-state index in [2.05, 4.69) is 24.1 Å². The van der Waals surface area contributed by atoms with Gasteiger partial charge in [-0.2, -0.15) is 13.2 Å². The molecule has 1 aromatic rings. The first-order valence-corrected chi connectivity index (χ1v) is 6.67. The summed E-state index contributed by atoms with van der Waals surface area (Å²) in [5.41, 5.74) is -0.785. The molecular formula is C13H18ClF3N2. The minimum Gasteiger partial charge on any atom is -0.367 e. The number of anilines is 1. The first-order chi connectivity index (χ1) is 8.77. The van der Waals surface area contributed by atoms with Gasteiger partial charge < -0.3 is 5.32 Å². The van der Waals surface area contributed by atoms with E-state index in [9.17, 15) is 13.2 Å². The Morgan fingerprint density at radius 1 is 1.26 bits per heavy atom. The molecule has 0 aliphatic carbocycles. The van der Waals surface area contributed by atoms with Gasteiger partial charge in [0.15, 0.2) is 0 Å². The van der Waals surface area contributed by atoms with E-state index in [1.54, 1.807) is 0 Å². The van der Waals surface area contributed by atoms with Crippen LogP contribution in [0.4, 0.5) is 19.0 Å². The van der Waals surface area contributed by atoms with Gasteiger partial charge in [-0.3, -0.25) is 0 Å². The predicted octanol–water partition coefficient (Wildman–Crippen LogP) is 4.99. The molecule has 19 heavy (non-hydrogen) atoms. The van der Waals surface area contributed by atoms with E-state index in [-0.39, 0.29) is 17.0 Å². The maximum Gasteiger partial charge on any atom is 0.416 e. The molecule has 6 heteroatoms. The lowest BCUT2D eigenvalue weighted by atomic mass is 9.95. The van der Waals surface area contributed by atoms with Gasteiger partial charge in [-0.25, -0.2) is 4.98 Å². The molecule has 0 saturated carbocycles. The van der Waals surface area contributed by atoms with Gasteiger partial charge in [-0.05, 0) is 25.0 Å². The molecule has 0 spiro atoms. The van der Waals surface area contributed by atoms with Crippen molar-refractivity contribution in [2.24, 2.45) is 5.92 Å². The van der Waals surface area contributed by atoms with Gasteiger partial charge in [-0.15, -0.1) is 0 Å². The van der Waals surface area contributed by atoms with Crippen molar-refractivity contribution >= 4 is 17.4 Å². The summed E-state index contributed by atoms with van der Waals surface area (Å²) < 4.78 is 38.0. The number of hydrogen-bond donors (Lipinski definition) is 1. The second-order valence-corrected chi connectivity index (χ2v) is 4.96. The molecule has 2 nitrogen and oxygen atoms in total. The number of aromatic nitrogens is 1. The Labute approximate surface area is 116 Å². The van der Waals surface area contributed by atoms with Crippen LogP contribution in [-0.4, -0.2) is 11.0 Å². The number of nitrogens with zero attached hydrogens (tertiary/aromatic N) is 1. The quantitative estimate of drug-likeness (QED) is 0.774. The molecule has 0 aliphatic rings. The largest absolute Gasteiger partial charge is 0.416 e. The van der Waals surface area contributed by atoms with Gasteiger partial charge in [0, 0.05) is 6.04 Å². The van der Waals surface area contributed by atoms with E-state index >= 15 is 0 Å². The van der Waals surface area contributed by atoms with Gasteiger partial charge in [-0.1, -0.05) is 38.3 Å². The summed E-state index contributed by atoms with van der Waals surface area (Å²) in [5.74, 6) is 0.550. The second-order valence-electron chi connectivity index (χ2n) is 4.57. The summed E-state index contributed by atoms with van der Waals surface area (Å²) in [6.45, 7) is 6.05. The summed E-state index contributed by atoms with van der Waals surface area (Å²) in [4.78, 5) is 3.89. The molecule has 0 radical (unpaired) electrons. The van der Waals surface area contributed by atoms with E-state index in [4.69, 9.17) is 11.6 Å². The SMILES string of the molecule is CCC(CC)C(C)Nc1cc(C(F)(F)F)cc(Cl)n1. The van der Waals surface area contributed by atoms with E-state index in [1.165, 1.54) is 0 Å². The fourth-order valence-corrected chi connectivity index (χ4v) is 2.29. The molecule has 0 aliphatic heterocycles. The zero-order valence-electron chi connectivity index (χ0n) is 11.2. The van der Waals surface area contributed by atoms with Gasteiger partial charge in [0.1, 0.15) is 11.0 Å². The summed E-state index contributed by atoms with van der Waals surface area (Å²) in [6.07, 6.45) is -2.50. The summed E-state index contributed by atoms with van der Waals surface area (Å²) in [7, 11) is 0. The third-order valence-electron chi connectivity index (χ3n) is 3.25. The lowest BCUT2D eigenvalue weighted by Gasteiger charge is -2.23. The fourth-order valence-electron chi connectivity index (χ4n) is 2.08. The van der Waals surface area contributed by atoms with Crippen LogP contribution >= 0.6 is 11.6 Å². The molecule has 1 N–H and O–H groups in total. The van der Waals surface area contributed by atoms with Crippen LogP contribution < -0.4 is 5.32 Å². The predicted molar refractivity (Wildman–Crippen MR) is 71.4 cm³/mol. The molecule has 0 saturated heterocycles. The monoisotopic (exact) mass is 294 g/mol. The molecule has 0 aromatic carbocycles. The standard InChI is InChI=1S/C13H18ClF3N2/c1-4-9(5-2)8(3)18-12-7-10(13(15,16)17)6-11(14)19-12/h6-9H,4-5H2,1-3H3,(H,18,19). The Hall–Kier alpha value is -0.970. The zero-order valence-corrected chi connectivity index (χ0v) is 11.9. The maximum atomic E-state index is 12.7. The summed E-state index contributed by atoms with van der Waals surface area (Å²) in [6, 6.07) is 1.86. The zero-order chi connectivity index (χ0) is 14.6. The van der Waals surface area contributed by atoms with Crippen LogP contribution in [0.15, 0.2) is 12.1 Å². The van der Waals surface area contributed by atoms with Crippen LogP contribution in [0, 0.1) is 5.92 Å². The highest BCUT2D eigenvalue weighted by Crippen LogP contribution is 2.32. The summed E-state index contributed by atoms with van der Waals surface area (Å²) in [5, 5.41) is 2.84. The molecule has 1 rings (SSSR count). The molecule has 108 valence electrons. The highest BCUT2D eigenvalue weighted by Gasteiger charge is 2.31. The van der Waals surface area contributed by atoms with Gasteiger partial charge in [0.2, 0.25) is 0 Å². The molecule has 0 bridgehead atoms. The van der Waals surface area contributed by atoms with Gasteiger partial charge >= 0.3 is 6.18 Å². The Morgan fingerprint density at radius 3 is 2.32 bits per heavy atom. The van der Waals surface area contributed by atoms with Crippen LogP contribution in [0.2, 0.25) is 5.15 Å². The Bertz CT molecular complexity index is 417. The van der Waals surface area contributed by atoms with Gasteiger partial charge in [0.05, 0.1) is 5.56 Å². The molecular weight excluding hydrogens is 277 g/mol. The summed E-state index contributed by atoms with van der Waals surface area (Å²) >= 11 is 5.64. The Kier molecular flexibility index (Phi) is 5.47. The topological polar surface area (TPSA) is 24.9 Å². The Morgan fingerprint density at radius 2 is 1.84 bits per heavy atom. The van der Waals surface area contributed by atoms with E-state index in [0.717, 1.165) is 25.0 Å². The van der Waals surface area contributed by atoms with Crippen molar-refractivity contribution in [3.63, 3.8) is 0 Å². The van der Waals surface area contributed by atoms with Crippen LogP contribution in [0.1, 0.15) is 39.2 Å². The van der Waals surface area contributed by atoms with Crippen LogP contribution in [-0.2, 0) is 6.18 Å². The number of hydrogen-bond acceptors (Lipinski definition) is 2. The lowest BCUT2D eigenvalue weighted by Crippen LogP contribution is -2.25. The molecule has 1 atom stereocenters. The molecule has 0 fully saturated rings. The Balaban J connectivity index is 2.93. The third-order valence-corrected chi connectivity index (χ3v) is 3.45. The van der Waals surface area contributed by atoms with Crippen molar-refractivity contribution in [2.45, 2.75) is 45.8 Å². The molecule has 1 heterocycles. The van der Waals surface area contributed by atoms with Gasteiger partial charge in [0.25, 0.3) is 0 Å². The van der Waals surface area contributed by atoms with Crippen molar-refractivity contribution in [1.29, 1.82) is 0 Å². The first kappa shape index (κ1) is 16.1.